The van der Waals surface area contributed by atoms with Crippen LogP contribution in [0.1, 0.15) is 55.9 Å². The molecule has 0 bridgehead atoms. The Hall–Kier alpha value is -3.65. The van der Waals surface area contributed by atoms with Gasteiger partial charge in [0.25, 0.3) is 10.0 Å². The van der Waals surface area contributed by atoms with E-state index in [4.69, 9.17) is 0 Å². The number of hydrogen-bond donors (Lipinski definition) is 1. The van der Waals surface area contributed by atoms with Crippen LogP contribution in [0.15, 0.2) is 77.7 Å². The number of nitrogens with one attached hydrogen (secondary N) is 1. The van der Waals surface area contributed by atoms with Crippen molar-refractivity contribution < 1.29 is 18.0 Å². The van der Waals surface area contributed by atoms with Gasteiger partial charge in [0.2, 0.25) is 11.8 Å². The van der Waals surface area contributed by atoms with Crippen LogP contribution in [0.2, 0.25) is 0 Å². The van der Waals surface area contributed by atoms with Crippen LogP contribution in [0.25, 0.3) is 0 Å². The third kappa shape index (κ3) is 8.19. The number of carbonyl (C=O) groups is 2. The average Bonchev–Trinajstić information content (AvgIpc) is 2.95. The largest absolute Gasteiger partial charge is 0.352 e. The van der Waals surface area contributed by atoms with Gasteiger partial charge in [-0.2, -0.15) is 0 Å². The van der Waals surface area contributed by atoms with E-state index in [1.165, 1.54) is 4.31 Å². The molecule has 0 fully saturated rings. The number of nitrogens with zero attached hydrogens (tertiary/aromatic N) is 2. The number of sulfonamides is 1. The zero-order valence-corrected chi connectivity index (χ0v) is 25.9. The Morgan fingerprint density at radius 3 is 2.10 bits per heavy atom. The molecule has 0 aliphatic carbocycles. The summed E-state index contributed by atoms with van der Waals surface area (Å²) in [6.07, 6.45) is 1.70. The molecule has 0 saturated heterocycles. The summed E-state index contributed by atoms with van der Waals surface area (Å²) < 4.78 is 29.2. The highest BCUT2D eigenvalue weighted by Gasteiger charge is 2.33. The minimum Gasteiger partial charge on any atom is -0.352 e. The molecule has 3 aromatic carbocycles. The molecule has 0 saturated carbocycles. The molecule has 41 heavy (non-hydrogen) atoms. The number of carbonyl (C=O) groups excluding carboxylic acids is 2. The van der Waals surface area contributed by atoms with E-state index in [1.54, 1.807) is 41.3 Å². The summed E-state index contributed by atoms with van der Waals surface area (Å²) in [6.45, 7) is 11.4. The highest BCUT2D eigenvalue weighted by atomic mass is 32.2. The summed E-state index contributed by atoms with van der Waals surface area (Å²) in [6, 6.07) is 20.9. The molecule has 1 N–H and O–H groups in total. The van der Waals surface area contributed by atoms with Gasteiger partial charge in [-0.3, -0.25) is 13.9 Å². The first-order valence-corrected chi connectivity index (χ1v) is 15.7. The van der Waals surface area contributed by atoms with E-state index >= 15 is 0 Å². The molecule has 8 heteroatoms. The fourth-order valence-corrected chi connectivity index (χ4v) is 5.99. The number of amides is 2. The van der Waals surface area contributed by atoms with E-state index in [0.29, 0.717) is 18.5 Å². The van der Waals surface area contributed by atoms with Crippen LogP contribution < -0.4 is 9.62 Å². The monoisotopic (exact) mass is 577 g/mol. The van der Waals surface area contributed by atoms with Gasteiger partial charge in [-0.05, 0) is 87.9 Å². The number of rotatable bonds is 13. The number of hydrogen-bond acceptors (Lipinski definition) is 4. The molecule has 0 unspecified atom stereocenters. The molecule has 3 rings (SSSR count). The third-order valence-electron chi connectivity index (χ3n) is 7.54. The van der Waals surface area contributed by atoms with Gasteiger partial charge >= 0.3 is 0 Å². The third-order valence-corrected chi connectivity index (χ3v) is 9.33. The van der Waals surface area contributed by atoms with Crippen LogP contribution in [0.3, 0.4) is 0 Å². The second-order valence-corrected chi connectivity index (χ2v) is 12.5. The number of benzene rings is 3. The van der Waals surface area contributed by atoms with Gasteiger partial charge in [0.1, 0.15) is 12.6 Å². The van der Waals surface area contributed by atoms with E-state index in [2.05, 4.69) is 5.32 Å². The predicted molar refractivity (Wildman–Crippen MR) is 165 cm³/mol. The maximum atomic E-state index is 14.1. The quantitative estimate of drug-likeness (QED) is 0.288. The van der Waals surface area contributed by atoms with Crippen LogP contribution in [0.4, 0.5) is 5.69 Å². The molecular weight excluding hydrogens is 534 g/mol. The van der Waals surface area contributed by atoms with E-state index in [0.717, 1.165) is 28.7 Å². The molecule has 7 nitrogen and oxygen atoms in total. The number of aryl methyl sites for hydroxylation is 3. The summed E-state index contributed by atoms with van der Waals surface area (Å²) in [5.41, 5.74) is 4.30. The van der Waals surface area contributed by atoms with Crippen molar-refractivity contribution in [3.8, 4) is 0 Å². The highest BCUT2D eigenvalue weighted by molar-refractivity contribution is 7.92. The smallest absolute Gasteiger partial charge is 0.264 e. The van der Waals surface area contributed by atoms with Gasteiger partial charge in [0, 0.05) is 12.6 Å². The van der Waals surface area contributed by atoms with Crippen molar-refractivity contribution in [2.75, 3.05) is 17.4 Å². The van der Waals surface area contributed by atoms with Gasteiger partial charge in [0.05, 0.1) is 10.6 Å². The topological polar surface area (TPSA) is 86.8 Å². The average molecular weight is 578 g/mol. The lowest BCUT2D eigenvalue weighted by Crippen LogP contribution is -2.54. The SMILES string of the molecule is CC[C@@H](C)NC(=O)[C@H](CC)N(CCc1ccccc1)C(=O)CN(c1ccc(C)c(C)c1)S(=O)(=O)c1ccc(C)cc1. The fraction of sp³-hybridized carbons (Fsp3) is 0.394. The van der Waals surface area contributed by atoms with Crippen molar-refractivity contribution in [3.05, 3.63) is 95.1 Å². The van der Waals surface area contributed by atoms with Crippen molar-refractivity contribution in [3.63, 3.8) is 0 Å². The van der Waals surface area contributed by atoms with Gasteiger partial charge in [-0.25, -0.2) is 8.42 Å². The maximum absolute atomic E-state index is 14.1. The lowest BCUT2D eigenvalue weighted by Gasteiger charge is -2.34. The predicted octanol–water partition coefficient (Wildman–Crippen LogP) is 5.57. The van der Waals surface area contributed by atoms with E-state index in [1.807, 2.05) is 77.9 Å². The first-order valence-electron chi connectivity index (χ1n) is 14.3. The molecule has 2 atom stereocenters. The summed E-state index contributed by atoms with van der Waals surface area (Å²) in [7, 11) is -4.09. The summed E-state index contributed by atoms with van der Waals surface area (Å²) >= 11 is 0. The lowest BCUT2D eigenvalue weighted by atomic mass is 10.1. The Balaban J connectivity index is 2.03. The highest BCUT2D eigenvalue weighted by Crippen LogP contribution is 2.27. The number of anilines is 1. The Kier molecular flexibility index (Phi) is 11.1. The van der Waals surface area contributed by atoms with Crippen molar-refractivity contribution in [1.82, 2.24) is 10.2 Å². The Labute approximate surface area is 245 Å². The van der Waals surface area contributed by atoms with Crippen LogP contribution in [0.5, 0.6) is 0 Å². The van der Waals surface area contributed by atoms with E-state index < -0.39 is 28.5 Å². The van der Waals surface area contributed by atoms with Crippen molar-refractivity contribution in [1.29, 1.82) is 0 Å². The first-order chi connectivity index (χ1) is 19.5. The Bertz CT molecular complexity index is 1420. The molecule has 0 radical (unpaired) electrons. The summed E-state index contributed by atoms with van der Waals surface area (Å²) in [4.78, 5) is 29.1. The second-order valence-electron chi connectivity index (χ2n) is 10.7. The van der Waals surface area contributed by atoms with Crippen LogP contribution in [-0.4, -0.2) is 50.3 Å². The standard InChI is InChI=1S/C33H43N3O4S/c1-7-27(6)34-33(38)31(8-2)35(21-20-28-12-10-9-11-13-28)32(37)23-36(29-17-16-25(4)26(5)22-29)41(39,40)30-18-14-24(3)15-19-30/h9-19,22,27,31H,7-8,20-21,23H2,1-6H3,(H,34,38)/t27-,31+/m1/s1. The molecule has 2 amide bonds. The summed E-state index contributed by atoms with van der Waals surface area (Å²) in [5, 5.41) is 3.01. The lowest BCUT2D eigenvalue weighted by molar-refractivity contribution is -0.139. The maximum Gasteiger partial charge on any atom is 0.264 e. The van der Waals surface area contributed by atoms with Crippen molar-refractivity contribution in [2.45, 2.75) is 77.8 Å². The molecule has 0 heterocycles. The Morgan fingerprint density at radius 2 is 1.51 bits per heavy atom. The van der Waals surface area contributed by atoms with Gasteiger partial charge in [-0.1, -0.05) is 67.9 Å². The zero-order valence-electron chi connectivity index (χ0n) is 25.1. The first kappa shape index (κ1) is 31.9. The van der Waals surface area contributed by atoms with E-state index in [9.17, 15) is 18.0 Å². The minimum atomic E-state index is -4.09. The van der Waals surface area contributed by atoms with Crippen LogP contribution in [0, 0.1) is 20.8 Å². The van der Waals surface area contributed by atoms with Crippen LogP contribution >= 0.6 is 0 Å². The molecule has 0 spiro atoms. The fourth-order valence-electron chi connectivity index (χ4n) is 4.58. The molecule has 3 aromatic rings. The van der Waals surface area contributed by atoms with E-state index in [-0.39, 0.29) is 23.4 Å². The summed E-state index contributed by atoms with van der Waals surface area (Å²) in [5.74, 6) is -0.664. The normalized spacial score (nSPS) is 12.8. The van der Waals surface area contributed by atoms with Gasteiger partial charge in [0.15, 0.2) is 0 Å². The van der Waals surface area contributed by atoms with Gasteiger partial charge in [-0.15, -0.1) is 0 Å². The zero-order chi connectivity index (χ0) is 30.2. The van der Waals surface area contributed by atoms with Crippen molar-refractivity contribution >= 4 is 27.5 Å². The van der Waals surface area contributed by atoms with Crippen LogP contribution in [-0.2, 0) is 26.0 Å². The minimum absolute atomic E-state index is 0.0448. The second kappa shape index (κ2) is 14.3. The molecule has 220 valence electrons. The molecule has 0 aromatic heterocycles. The Morgan fingerprint density at radius 1 is 0.854 bits per heavy atom. The van der Waals surface area contributed by atoms with Crippen molar-refractivity contribution in [2.24, 2.45) is 0 Å². The van der Waals surface area contributed by atoms with Gasteiger partial charge < -0.3 is 10.2 Å². The molecule has 0 aliphatic rings. The molecule has 0 aliphatic heterocycles. The molecular formula is C33H43N3O4S.